The Labute approximate surface area is 174 Å². The van der Waals surface area contributed by atoms with Crippen molar-refractivity contribution in [2.24, 2.45) is 5.92 Å². The molecule has 3 heterocycles. The molecule has 5 rings (SSSR count). The van der Waals surface area contributed by atoms with Crippen LogP contribution in [0, 0.1) is 23.1 Å². The first-order chi connectivity index (χ1) is 14.7. The highest BCUT2D eigenvalue weighted by Gasteiger charge is 2.34. The number of hydrogen-bond donors (Lipinski definition) is 1. The lowest BCUT2D eigenvalue weighted by molar-refractivity contribution is 0.112. The Kier molecular flexibility index (Phi) is 4.76. The topological polar surface area (TPSA) is 64.9 Å². The molecule has 0 spiro atoms. The van der Waals surface area contributed by atoms with Crippen LogP contribution in [0.2, 0.25) is 0 Å². The van der Waals surface area contributed by atoms with Gasteiger partial charge in [-0.15, -0.1) is 0 Å². The van der Waals surface area contributed by atoms with Gasteiger partial charge < -0.3 is 9.72 Å². The van der Waals surface area contributed by atoms with Crippen molar-refractivity contribution < 1.29 is 9.13 Å². The maximum atomic E-state index is 13.9. The Bertz CT molecular complexity index is 1170. The second-order valence-corrected chi connectivity index (χ2v) is 8.07. The number of nitrogens with zero attached hydrogens (tertiary/aromatic N) is 3. The molecule has 2 aromatic heterocycles. The molecule has 1 saturated carbocycles. The van der Waals surface area contributed by atoms with Gasteiger partial charge in [-0.05, 0) is 60.7 Å². The Morgan fingerprint density at radius 2 is 2.10 bits per heavy atom. The van der Waals surface area contributed by atoms with Gasteiger partial charge in [-0.3, -0.25) is 4.90 Å². The van der Waals surface area contributed by atoms with E-state index in [1.165, 1.54) is 17.7 Å². The van der Waals surface area contributed by atoms with Gasteiger partial charge in [-0.1, -0.05) is 6.08 Å². The van der Waals surface area contributed by atoms with Crippen LogP contribution in [0.5, 0.6) is 5.75 Å². The van der Waals surface area contributed by atoms with Gasteiger partial charge in [0.25, 0.3) is 0 Å². The second kappa shape index (κ2) is 7.58. The number of halogens is 1. The zero-order chi connectivity index (χ0) is 20.7. The minimum atomic E-state index is -0.295. The molecule has 152 valence electrons. The van der Waals surface area contributed by atoms with Crippen molar-refractivity contribution in [3.63, 3.8) is 0 Å². The number of aromatic nitrogens is 2. The van der Waals surface area contributed by atoms with Crippen LogP contribution in [-0.2, 0) is 0 Å². The third-order valence-electron chi connectivity index (χ3n) is 6.38. The highest BCUT2D eigenvalue weighted by molar-refractivity contribution is 5.96. The lowest BCUT2D eigenvalue weighted by Gasteiger charge is -2.41. The number of aromatic amines is 1. The van der Waals surface area contributed by atoms with Crippen molar-refractivity contribution in [1.29, 1.82) is 5.26 Å². The fourth-order valence-corrected chi connectivity index (χ4v) is 4.58. The van der Waals surface area contributed by atoms with E-state index in [0.29, 0.717) is 11.8 Å². The highest BCUT2D eigenvalue weighted by atomic mass is 19.1. The van der Waals surface area contributed by atoms with E-state index in [1.807, 2.05) is 6.07 Å². The van der Waals surface area contributed by atoms with Gasteiger partial charge in [-0.25, -0.2) is 9.37 Å². The molecule has 1 aliphatic carbocycles. The van der Waals surface area contributed by atoms with E-state index in [1.54, 1.807) is 19.4 Å². The molecule has 1 aliphatic heterocycles. The summed E-state index contributed by atoms with van der Waals surface area (Å²) in [6.45, 7) is 1.91. The SMILES string of the molecule is COc1ccc(F)cc1-c1ccnc2[nH]c(C3=CCN(C4CC(C#N)C4)CC3)cc12. The molecule has 5 nitrogen and oxygen atoms in total. The number of hydrogen-bond acceptors (Lipinski definition) is 4. The predicted octanol–water partition coefficient (Wildman–Crippen LogP) is 4.77. The number of pyridine rings is 1. The number of nitrogens with one attached hydrogen (secondary N) is 1. The van der Waals surface area contributed by atoms with Crippen LogP contribution in [-0.4, -0.2) is 41.1 Å². The van der Waals surface area contributed by atoms with E-state index in [2.05, 4.69) is 33.1 Å². The molecular formula is C24H23FN4O. The third kappa shape index (κ3) is 3.25. The molecule has 0 atom stereocenters. The van der Waals surface area contributed by atoms with Crippen molar-refractivity contribution >= 4 is 16.6 Å². The van der Waals surface area contributed by atoms with Crippen molar-refractivity contribution in [2.75, 3.05) is 20.2 Å². The number of nitriles is 1. The van der Waals surface area contributed by atoms with Gasteiger partial charge in [0, 0.05) is 47.9 Å². The van der Waals surface area contributed by atoms with E-state index in [-0.39, 0.29) is 11.7 Å². The maximum Gasteiger partial charge on any atom is 0.138 e. The van der Waals surface area contributed by atoms with Crippen LogP contribution in [0.25, 0.3) is 27.7 Å². The summed E-state index contributed by atoms with van der Waals surface area (Å²) in [6, 6.07) is 11.5. The van der Waals surface area contributed by atoms with Crippen LogP contribution >= 0.6 is 0 Å². The first kappa shape index (κ1) is 18.8. The molecule has 1 fully saturated rings. The lowest BCUT2D eigenvalue weighted by atomic mass is 9.80. The first-order valence-corrected chi connectivity index (χ1v) is 10.3. The fourth-order valence-electron chi connectivity index (χ4n) is 4.58. The Balaban J connectivity index is 1.44. The minimum absolute atomic E-state index is 0.235. The highest BCUT2D eigenvalue weighted by Crippen LogP contribution is 2.37. The molecule has 30 heavy (non-hydrogen) atoms. The molecule has 2 aliphatic rings. The summed E-state index contributed by atoms with van der Waals surface area (Å²) >= 11 is 0. The van der Waals surface area contributed by atoms with Crippen LogP contribution in [0.15, 0.2) is 42.6 Å². The Morgan fingerprint density at radius 3 is 2.83 bits per heavy atom. The molecule has 0 amide bonds. The molecule has 0 saturated heterocycles. The third-order valence-corrected chi connectivity index (χ3v) is 6.38. The van der Waals surface area contributed by atoms with Gasteiger partial charge in [0.15, 0.2) is 0 Å². The van der Waals surface area contributed by atoms with E-state index in [4.69, 9.17) is 10.00 Å². The summed E-state index contributed by atoms with van der Waals surface area (Å²) in [6.07, 6.45) is 6.96. The Hall–Kier alpha value is -3.17. The van der Waals surface area contributed by atoms with Crippen LogP contribution < -0.4 is 4.74 Å². The fraction of sp³-hybridized carbons (Fsp3) is 0.333. The van der Waals surface area contributed by atoms with Gasteiger partial charge in [0.05, 0.1) is 13.2 Å². The summed E-state index contributed by atoms with van der Waals surface area (Å²) in [4.78, 5) is 10.4. The van der Waals surface area contributed by atoms with E-state index in [9.17, 15) is 4.39 Å². The minimum Gasteiger partial charge on any atom is -0.496 e. The standard InChI is InChI=1S/C24H23FN4O/c1-30-23-3-2-17(25)12-20(23)19-4-7-27-24-21(19)13-22(28-24)16-5-8-29(9-6-16)18-10-15(11-18)14-26/h2-5,7,12-13,15,18H,6,8-11H2,1H3,(H,27,28). The van der Waals surface area contributed by atoms with Gasteiger partial charge in [0.1, 0.15) is 17.2 Å². The monoisotopic (exact) mass is 402 g/mol. The molecule has 6 heteroatoms. The number of rotatable bonds is 4. The lowest BCUT2D eigenvalue weighted by Crippen LogP contribution is -2.46. The molecular weight excluding hydrogens is 379 g/mol. The summed E-state index contributed by atoms with van der Waals surface area (Å²) < 4.78 is 19.4. The quantitative estimate of drug-likeness (QED) is 0.683. The maximum absolute atomic E-state index is 13.9. The zero-order valence-corrected chi connectivity index (χ0v) is 16.9. The van der Waals surface area contributed by atoms with E-state index >= 15 is 0 Å². The molecule has 0 radical (unpaired) electrons. The van der Waals surface area contributed by atoms with Crippen molar-refractivity contribution in [3.05, 3.63) is 54.1 Å². The van der Waals surface area contributed by atoms with Gasteiger partial charge >= 0.3 is 0 Å². The predicted molar refractivity (Wildman–Crippen MR) is 114 cm³/mol. The van der Waals surface area contributed by atoms with Crippen molar-refractivity contribution in [1.82, 2.24) is 14.9 Å². The van der Waals surface area contributed by atoms with Crippen LogP contribution in [0.3, 0.4) is 0 Å². The van der Waals surface area contributed by atoms with Crippen LogP contribution in [0.4, 0.5) is 4.39 Å². The van der Waals surface area contributed by atoms with E-state index in [0.717, 1.165) is 60.2 Å². The Morgan fingerprint density at radius 1 is 1.23 bits per heavy atom. The first-order valence-electron chi connectivity index (χ1n) is 10.3. The summed E-state index contributed by atoms with van der Waals surface area (Å²) in [7, 11) is 1.59. The van der Waals surface area contributed by atoms with Gasteiger partial charge in [-0.2, -0.15) is 5.26 Å². The average molecular weight is 402 g/mol. The zero-order valence-electron chi connectivity index (χ0n) is 16.9. The molecule has 1 aromatic carbocycles. The normalized spacial score (nSPS) is 21.7. The average Bonchev–Trinajstić information content (AvgIpc) is 3.18. The number of fused-ring (bicyclic) bond motifs is 1. The number of benzene rings is 1. The summed E-state index contributed by atoms with van der Waals surface area (Å²) in [5.74, 6) is 0.574. The molecule has 0 unspecified atom stereocenters. The number of methoxy groups -OCH3 is 1. The smallest absolute Gasteiger partial charge is 0.138 e. The molecule has 0 bridgehead atoms. The van der Waals surface area contributed by atoms with Gasteiger partial charge in [0.2, 0.25) is 0 Å². The second-order valence-electron chi connectivity index (χ2n) is 8.07. The molecule has 1 N–H and O–H groups in total. The van der Waals surface area contributed by atoms with Crippen LogP contribution in [0.1, 0.15) is 25.0 Å². The van der Waals surface area contributed by atoms with Crippen molar-refractivity contribution in [3.8, 4) is 22.9 Å². The van der Waals surface area contributed by atoms with Crippen molar-refractivity contribution in [2.45, 2.75) is 25.3 Å². The summed E-state index contributed by atoms with van der Waals surface area (Å²) in [5, 5.41) is 9.95. The summed E-state index contributed by atoms with van der Waals surface area (Å²) in [5.41, 5.74) is 4.74. The van der Waals surface area contributed by atoms with E-state index < -0.39 is 0 Å². The molecule has 3 aromatic rings. The number of H-pyrrole nitrogens is 1. The largest absolute Gasteiger partial charge is 0.496 e. The number of ether oxygens (including phenoxy) is 1.